The SMILES string of the molecule is CC(=O)Oc1cc(C(C)=O)c2c(C)cc(=O)oc2c1. The fourth-order valence-corrected chi connectivity index (χ4v) is 1.97. The van der Waals surface area contributed by atoms with Crippen LogP contribution in [0.2, 0.25) is 0 Å². The van der Waals surface area contributed by atoms with Gasteiger partial charge < -0.3 is 9.15 Å². The van der Waals surface area contributed by atoms with Crippen molar-refractivity contribution in [2.45, 2.75) is 20.8 Å². The monoisotopic (exact) mass is 260 g/mol. The summed E-state index contributed by atoms with van der Waals surface area (Å²) in [7, 11) is 0. The number of benzene rings is 1. The van der Waals surface area contributed by atoms with Gasteiger partial charge in [0.15, 0.2) is 5.78 Å². The van der Waals surface area contributed by atoms with Gasteiger partial charge in [-0.25, -0.2) is 4.79 Å². The first-order valence-corrected chi connectivity index (χ1v) is 5.66. The van der Waals surface area contributed by atoms with Crippen LogP contribution < -0.4 is 10.4 Å². The highest BCUT2D eigenvalue weighted by molar-refractivity contribution is 6.07. The number of rotatable bonds is 2. The van der Waals surface area contributed by atoms with Gasteiger partial charge in [-0.15, -0.1) is 0 Å². The first-order chi connectivity index (χ1) is 8.88. The van der Waals surface area contributed by atoms with Crippen molar-refractivity contribution in [3.05, 3.63) is 39.7 Å². The largest absolute Gasteiger partial charge is 0.427 e. The van der Waals surface area contributed by atoms with Crippen LogP contribution in [0.3, 0.4) is 0 Å². The van der Waals surface area contributed by atoms with Gasteiger partial charge in [0.25, 0.3) is 0 Å². The topological polar surface area (TPSA) is 73.6 Å². The molecular weight excluding hydrogens is 248 g/mol. The van der Waals surface area contributed by atoms with Crippen molar-refractivity contribution in [1.82, 2.24) is 0 Å². The average Bonchev–Trinajstić information content (AvgIpc) is 2.25. The Bertz CT molecular complexity index is 739. The predicted octanol–water partition coefficient (Wildman–Crippen LogP) is 2.23. The fraction of sp³-hybridized carbons (Fsp3) is 0.214. The summed E-state index contributed by atoms with van der Waals surface area (Å²) in [5.41, 5.74) is 0.717. The van der Waals surface area contributed by atoms with E-state index in [1.165, 1.54) is 32.0 Å². The third-order valence-corrected chi connectivity index (χ3v) is 2.66. The van der Waals surface area contributed by atoms with Crippen LogP contribution in [0.1, 0.15) is 29.8 Å². The van der Waals surface area contributed by atoms with Crippen LogP contribution in [0.15, 0.2) is 27.4 Å². The highest BCUT2D eigenvalue weighted by Gasteiger charge is 2.14. The summed E-state index contributed by atoms with van der Waals surface area (Å²) < 4.78 is 10.00. The molecule has 19 heavy (non-hydrogen) atoms. The highest BCUT2D eigenvalue weighted by Crippen LogP contribution is 2.27. The zero-order chi connectivity index (χ0) is 14.2. The number of carbonyl (C=O) groups excluding carboxylic acids is 2. The number of ketones is 1. The molecule has 0 saturated heterocycles. The number of hydrogen-bond acceptors (Lipinski definition) is 5. The van der Waals surface area contributed by atoms with Gasteiger partial charge in [-0.3, -0.25) is 9.59 Å². The number of Topliss-reactive ketones (excluding diaryl/α,β-unsaturated/α-hetero) is 1. The lowest BCUT2D eigenvalue weighted by atomic mass is 10.0. The number of carbonyl (C=O) groups is 2. The van der Waals surface area contributed by atoms with Gasteiger partial charge in [0.2, 0.25) is 0 Å². The van der Waals surface area contributed by atoms with Crippen LogP contribution in [0.4, 0.5) is 0 Å². The minimum Gasteiger partial charge on any atom is -0.427 e. The first kappa shape index (κ1) is 13.0. The molecule has 1 aromatic carbocycles. The lowest BCUT2D eigenvalue weighted by Crippen LogP contribution is -2.06. The second kappa shape index (κ2) is 4.68. The molecule has 5 nitrogen and oxygen atoms in total. The third-order valence-electron chi connectivity index (χ3n) is 2.66. The quantitative estimate of drug-likeness (QED) is 0.358. The first-order valence-electron chi connectivity index (χ1n) is 5.66. The van der Waals surface area contributed by atoms with Gasteiger partial charge in [0.05, 0.1) is 0 Å². The van der Waals surface area contributed by atoms with E-state index in [9.17, 15) is 14.4 Å². The molecule has 0 unspecified atom stereocenters. The maximum absolute atomic E-state index is 11.7. The normalized spacial score (nSPS) is 10.5. The summed E-state index contributed by atoms with van der Waals surface area (Å²) in [5, 5.41) is 0.558. The maximum Gasteiger partial charge on any atom is 0.336 e. The van der Waals surface area contributed by atoms with E-state index in [1.54, 1.807) is 6.92 Å². The molecule has 1 aromatic heterocycles. The fourth-order valence-electron chi connectivity index (χ4n) is 1.97. The van der Waals surface area contributed by atoms with E-state index in [1.807, 2.05) is 0 Å². The highest BCUT2D eigenvalue weighted by atomic mass is 16.5. The molecule has 0 N–H and O–H groups in total. The second-order valence-electron chi connectivity index (χ2n) is 4.24. The van der Waals surface area contributed by atoms with E-state index < -0.39 is 11.6 Å². The van der Waals surface area contributed by atoms with Crippen molar-refractivity contribution in [2.75, 3.05) is 0 Å². The molecule has 0 radical (unpaired) electrons. The van der Waals surface area contributed by atoms with Crippen LogP contribution in [-0.4, -0.2) is 11.8 Å². The van der Waals surface area contributed by atoms with Crippen molar-refractivity contribution in [3.8, 4) is 5.75 Å². The Balaban J connectivity index is 2.83. The van der Waals surface area contributed by atoms with Gasteiger partial charge in [-0.1, -0.05) is 0 Å². The Hall–Kier alpha value is -2.43. The number of esters is 1. The molecule has 2 rings (SSSR count). The number of fused-ring (bicyclic) bond motifs is 1. The summed E-state index contributed by atoms with van der Waals surface area (Å²) in [6, 6.07) is 4.22. The van der Waals surface area contributed by atoms with E-state index in [0.29, 0.717) is 16.5 Å². The van der Waals surface area contributed by atoms with Crippen LogP contribution in [0, 0.1) is 6.92 Å². The van der Waals surface area contributed by atoms with Crippen molar-refractivity contribution in [3.63, 3.8) is 0 Å². The molecule has 0 fully saturated rings. The number of ether oxygens (including phenoxy) is 1. The predicted molar refractivity (Wildman–Crippen MR) is 68.5 cm³/mol. The van der Waals surface area contributed by atoms with Crippen LogP contribution in [0.5, 0.6) is 5.75 Å². The minimum absolute atomic E-state index is 0.180. The molecule has 0 aliphatic carbocycles. The molecule has 0 aliphatic rings. The maximum atomic E-state index is 11.7. The van der Waals surface area contributed by atoms with Crippen molar-refractivity contribution in [2.24, 2.45) is 0 Å². The van der Waals surface area contributed by atoms with E-state index >= 15 is 0 Å². The zero-order valence-electron chi connectivity index (χ0n) is 10.8. The van der Waals surface area contributed by atoms with Gasteiger partial charge in [0, 0.05) is 30.0 Å². The molecular formula is C14H12O5. The Morgan fingerprint density at radius 2 is 1.84 bits per heavy atom. The minimum atomic E-state index is -0.514. The third kappa shape index (κ3) is 2.54. The lowest BCUT2D eigenvalue weighted by molar-refractivity contribution is -0.131. The van der Waals surface area contributed by atoms with Crippen molar-refractivity contribution >= 4 is 22.7 Å². The summed E-state index contributed by atoms with van der Waals surface area (Å²) >= 11 is 0. The molecule has 5 heteroatoms. The molecule has 0 spiro atoms. The molecule has 1 heterocycles. The van der Waals surface area contributed by atoms with Crippen LogP contribution in [-0.2, 0) is 4.79 Å². The van der Waals surface area contributed by atoms with Crippen molar-refractivity contribution in [1.29, 1.82) is 0 Å². The Kier molecular flexibility index (Phi) is 3.21. The lowest BCUT2D eigenvalue weighted by Gasteiger charge is -2.08. The molecule has 2 aromatic rings. The Morgan fingerprint density at radius 3 is 2.42 bits per heavy atom. The van der Waals surface area contributed by atoms with E-state index in [0.717, 1.165) is 0 Å². The van der Waals surface area contributed by atoms with Gasteiger partial charge in [0.1, 0.15) is 11.3 Å². The van der Waals surface area contributed by atoms with E-state index in [-0.39, 0.29) is 17.1 Å². The van der Waals surface area contributed by atoms with E-state index in [4.69, 9.17) is 9.15 Å². The standard InChI is InChI=1S/C14H12O5/c1-7-4-13(17)19-12-6-10(18-9(3)16)5-11(8(2)15)14(7)12/h4-6H,1-3H3. The Morgan fingerprint density at radius 1 is 1.16 bits per heavy atom. The number of hydrogen-bond donors (Lipinski definition) is 0. The molecule has 0 aliphatic heterocycles. The number of aryl methyl sites for hydroxylation is 1. The van der Waals surface area contributed by atoms with Crippen LogP contribution in [0.25, 0.3) is 11.0 Å². The smallest absolute Gasteiger partial charge is 0.336 e. The Labute approximate surface area is 108 Å². The van der Waals surface area contributed by atoms with Gasteiger partial charge >= 0.3 is 11.6 Å². The summed E-state index contributed by atoms with van der Waals surface area (Å²) in [4.78, 5) is 34.0. The molecule has 0 saturated carbocycles. The molecule has 0 bridgehead atoms. The van der Waals surface area contributed by atoms with E-state index in [2.05, 4.69) is 0 Å². The summed E-state index contributed by atoms with van der Waals surface area (Å²) in [6.45, 7) is 4.37. The zero-order valence-corrected chi connectivity index (χ0v) is 10.8. The summed E-state index contributed by atoms with van der Waals surface area (Å²) in [5.74, 6) is -0.529. The van der Waals surface area contributed by atoms with Gasteiger partial charge in [-0.05, 0) is 25.5 Å². The van der Waals surface area contributed by atoms with Gasteiger partial charge in [-0.2, -0.15) is 0 Å². The molecule has 0 amide bonds. The summed E-state index contributed by atoms with van der Waals surface area (Å²) in [6.07, 6.45) is 0. The molecule has 98 valence electrons. The van der Waals surface area contributed by atoms with Crippen molar-refractivity contribution < 1.29 is 18.7 Å². The second-order valence-corrected chi connectivity index (χ2v) is 4.24. The van der Waals surface area contributed by atoms with Crippen LogP contribution >= 0.6 is 0 Å². The average molecular weight is 260 g/mol. The molecule has 0 atom stereocenters.